The Morgan fingerprint density at radius 3 is 2.27 bits per heavy atom. The van der Waals surface area contributed by atoms with E-state index >= 15 is 0 Å². The molecule has 0 aromatic rings. The van der Waals surface area contributed by atoms with Crippen molar-refractivity contribution in [1.29, 1.82) is 0 Å². The maximum atomic E-state index is 5.61. The van der Waals surface area contributed by atoms with Gasteiger partial charge in [-0.2, -0.15) is 0 Å². The van der Waals surface area contributed by atoms with E-state index in [1.54, 1.807) is 0 Å². The Bertz CT molecular complexity index is 129. The van der Waals surface area contributed by atoms with Gasteiger partial charge in [-0.15, -0.1) is 0 Å². The zero-order valence-electron chi connectivity index (χ0n) is 7.94. The molecule has 0 aromatic heterocycles. The summed E-state index contributed by atoms with van der Waals surface area (Å²) in [6.45, 7) is 8.64. The molecule has 0 aromatic carbocycles. The van der Waals surface area contributed by atoms with Gasteiger partial charge in [0.2, 0.25) is 8.32 Å². The van der Waals surface area contributed by atoms with Crippen molar-refractivity contribution in [3.05, 3.63) is 0 Å². The first-order chi connectivity index (χ1) is 4.95. The molecule has 0 atom stereocenters. The third kappa shape index (κ3) is 8.01. The van der Waals surface area contributed by atoms with Crippen molar-refractivity contribution < 1.29 is 4.43 Å². The van der Waals surface area contributed by atoms with Crippen LogP contribution in [0.1, 0.15) is 26.2 Å². The van der Waals surface area contributed by atoms with Crippen LogP contribution in [0, 0.1) is 0 Å². The van der Waals surface area contributed by atoms with Gasteiger partial charge in [-0.1, -0.05) is 13.3 Å². The molecule has 0 spiro atoms. The van der Waals surface area contributed by atoms with Gasteiger partial charge in [-0.25, -0.2) is 0 Å². The van der Waals surface area contributed by atoms with E-state index in [1.165, 1.54) is 6.42 Å². The van der Waals surface area contributed by atoms with Crippen LogP contribution in [0.2, 0.25) is 19.6 Å². The van der Waals surface area contributed by atoms with Crippen LogP contribution in [0.4, 0.5) is 0 Å². The molecule has 0 saturated heterocycles. The summed E-state index contributed by atoms with van der Waals surface area (Å²) in [6, 6.07) is 0. The Balaban J connectivity index is 3.53. The topological polar surface area (TPSA) is 9.23 Å². The predicted octanol–water partition coefficient (Wildman–Crippen LogP) is 3.36. The average Bonchev–Trinajstić information content (AvgIpc) is 1.79. The highest BCUT2D eigenvalue weighted by molar-refractivity contribution is 7.80. The molecule has 0 unspecified atom stereocenters. The molecule has 3 heteroatoms. The Morgan fingerprint density at radius 1 is 1.36 bits per heavy atom. The maximum absolute atomic E-state index is 5.61. The first-order valence-corrected chi connectivity index (χ1v) is 7.99. The summed E-state index contributed by atoms with van der Waals surface area (Å²) >= 11 is 5.08. The number of hydrogen-bond donors (Lipinski definition) is 0. The van der Waals surface area contributed by atoms with E-state index in [1.807, 2.05) is 0 Å². The Morgan fingerprint density at radius 2 is 1.91 bits per heavy atom. The van der Waals surface area contributed by atoms with Crippen LogP contribution in [0.3, 0.4) is 0 Å². The smallest absolute Gasteiger partial charge is 0.242 e. The van der Waals surface area contributed by atoms with Gasteiger partial charge >= 0.3 is 0 Å². The van der Waals surface area contributed by atoms with Gasteiger partial charge in [0.25, 0.3) is 0 Å². The molecule has 0 N–H and O–H groups in total. The number of thiocarbonyl (C=S) groups is 1. The van der Waals surface area contributed by atoms with E-state index in [9.17, 15) is 0 Å². The monoisotopic (exact) mass is 190 g/mol. The van der Waals surface area contributed by atoms with E-state index in [-0.39, 0.29) is 0 Å². The summed E-state index contributed by atoms with van der Waals surface area (Å²) in [7, 11) is -1.41. The SMILES string of the molecule is CCCCC(=S)O[Si](C)(C)C. The third-order valence-corrected chi connectivity index (χ3v) is 2.45. The van der Waals surface area contributed by atoms with Crippen molar-refractivity contribution in [1.82, 2.24) is 0 Å². The molecule has 0 aliphatic carbocycles. The van der Waals surface area contributed by atoms with Crippen LogP contribution in [0.25, 0.3) is 0 Å². The van der Waals surface area contributed by atoms with E-state index < -0.39 is 8.32 Å². The highest BCUT2D eigenvalue weighted by atomic mass is 32.1. The average molecular weight is 190 g/mol. The van der Waals surface area contributed by atoms with Crippen molar-refractivity contribution in [3.8, 4) is 0 Å². The zero-order chi connectivity index (χ0) is 8.91. The van der Waals surface area contributed by atoms with Gasteiger partial charge in [0.05, 0.1) is 0 Å². The van der Waals surface area contributed by atoms with Crippen LogP contribution in [0.15, 0.2) is 0 Å². The molecule has 0 fully saturated rings. The number of unbranched alkanes of at least 4 members (excludes halogenated alkanes) is 1. The minimum absolute atomic E-state index is 0.811. The summed E-state index contributed by atoms with van der Waals surface area (Å²) in [6.07, 6.45) is 3.30. The molecule has 0 radical (unpaired) electrons. The van der Waals surface area contributed by atoms with E-state index in [2.05, 4.69) is 26.6 Å². The molecular weight excluding hydrogens is 172 g/mol. The van der Waals surface area contributed by atoms with Gasteiger partial charge in [0.1, 0.15) is 5.05 Å². The molecule has 0 aliphatic heterocycles. The molecule has 0 amide bonds. The molecule has 0 aliphatic rings. The van der Waals surface area contributed by atoms with Gasteiger partial charge < -0.3 is 4.43 Å². The maximum Gasteiger partial charge on any atom is 0.242 e. The summed E-state index contributed by atoms with van der Waals surface area (Å²) in [4.78, 5) is 0. The summed E-state index contributed by atoms with van der Waals surface area (Å²) in [5.41, 5.74) is 0. The van der Waals surface area contributed by atoms with Crippen molar-refractivity contribution in [2.24, 2.45) is 0 Å². The van der Waals surface area contributed by atoms with Crippen molar-refractivity contribution in [2.75, 3.05) is 0 Å². The standard InChI is InChI=1S/C8H18OSSi/c1-5-6-7-8(10)9-11(2,3)4/h5-7H2,1-4H3. The Hall–Kier alpha value is 0.107. The summed E-state index contributed by atoms with van der Waals surface area (Å²) in [5, 5.41) is 0.811. The first kappa shape index (κ1) is 11.1. The third-order valence-electron chi connectivity index (χ3n) is 1.15. The second-order valence-electron chi connectivity index (χ2n) is 3.69. The fourth-order valence-electron chi connectivity index (χ4n) is 0.714. The number of rotatable bonds is 4. The van der Waals surface area contributed by atoms with Crippen LogP contribution >= 0.6 is 12.2 Å². The second kappa shape index (κ2) is 4.88. The summed E-state index contributed by atoms with van der Waals surface area (Å²) in [5.74, 6) is 0. The fourth-order valence-corrected chi connectivity index (χ4v) is 2.39. The molecule has 66 valence electrons. The molecule has 11 heavy (non-hydrogen) atoms. The van der Waals surface area contributed by atoms with Gasteiger partial charge in [-0.05, 0) is 38.3 Å². The predicted molar refractivity (Wildman–Crippen MR) is 56.6 cm³/mol. The van der Waals surface area contributed by atoms with Crippen LogP contribution in [-0.4, -0.2) is 13.4 Å². The van der Waals surface area contributed by atoms with Crippen molar-refractivity contribution in [2.45, 2.75) is 45.8 Å². The van der Waals surface area contributed by atoms with E-state index in [4.69, 9.17) is 16.6 Å². The van der Waals surface area contributed by atoms with Crippen molar-refractivity contribution in [3.63, 3.8) is 0 Å². The lowest BCUT2D eigenvalue weighted by Crippen LogP contribution is -2.28. The fraction of sp³-hybridized carbons (Fsp3) is 0.875. The van der Waals surface area contributed by atoms with Gasteiger partial charge in [0, 0.05) is 6.42 Å². The molecular formula is C8H18OSSi. The lowest BCUT2D eigenvalue weighted by Gasteiger charge is -2.19. The second-order valence-corrected chi connectivity index (χ2v) is 8.57. The van der Waals surface area contributed by atoms with Gasteiger partial charge in [0.15, 0.2) is 0 Å². The van der Waals surface area contributed by atoms with Crippen LogP contribution < -0.4 is 0 Å². The molecule has 0 saturated carbocycles. The minimum atomic E-state index is -1.41. The first-order valence-electron chi connectivity index (χ1n) is 4.17. The highest BCUT2D eigenvalue weighted by Crippen LogP contribution is 2.07. The molecule has 1 nitrogen and oxygen atoms in total. The minimum Gasteiger partial charge on any atom is -0.540 e. The van der Waals surface area contributed by atoms with Crippen molar-refractivity contribution >= 4 is 25.6 Å². The Labute approximate surface area is 76.3 Å². The van der Waals surface area contributed by atoms with Crippen LogP contribution in [-0.2, 0) is 4.43 Å². The quantitative estimate of drug-likeness (QED) is 0.496. The normalized spacial score (nSPS) is 11.3. The molecule has 0 bridgehead atoms. The Kier molecular flexibility index (Phi) is 4.93. The van der Waals surface area contributed by atoms with E-state index in [0.29, 0.717) is 0 Å². The largest absolute Gasteiger partial charge is 0.540 e. The number of hydrogen-bond acceptors (Lipinski definition) is 2. The highest BCUT2D eigenvalue weighted by Gasteiger charge is 2.16. The van der Waals surface area contributed by atoms with Crippen LogP contribution in [0.5, 0.6) is 0 Å². The summed E-state index contributed by atoms with van der Waals surface area (Å²) < 4.78 is 5.61. The zero-order valence-corrected chi connectivity index (χ0v) is 9.75. The lowest BCUT2D eigenvalue weighted by atomic mass is 10.3. The lowest BCUT2D eigenvalue weighted by molar-refractivity contribution is 0.542. The van der Waals surface area contributed by atoms with Gasteiger partial charge in [-0.3, -0.25) is 0 Å². The molecule has 0 rings (SSSR count). The molecule has 0 heterocycles. The van der Waals surface area contributed by atoms with E-state index in [0.717, 1.165) is 17.9 Å².